The number of aromatic hydroxyl groups is 1. The maximum Gasteiger partial charge on any atom is 0.320 e. The summed E-state index contributed by atoms with van der Waals surface area (Å²) in [6, 6.07) is 11.1. The fourth-order valence-electron chi connectivity index (χ4n) is 1.72. The summed E-state index contributed by atoms with van der Waals surface area (Å²) in [6.07, 6.45) is 0.271. The van der Waals surface area contributed by atoms with Gasteiger partial charge in [0.2, 0.25) is 0 Å². The maximum atomic E-state index is 10.7. The van der Waals surface area contributed by atoms with Gasteiger partial charge in [-0.3, -0.25) is 4.79 Å². The van der Waals surface area contributed by atoms with Crippen molar-refractivity contribution in [3.8, 4) is 17.2 Å². The Morgan fingerprint density at radius 2 is 1.81 bits per heavy atom. The molecule has 110 valence electrons. The normalized spacial score (nSPS) is 11.9. The topological polar surface area (TPSA) is 92.8 Å². The summed E-state index contributed by atoms with van der Waals surface area (Å²) in [7, 11) is 0. The Morgan fingerprint density at radius 1 is 1.19 bits per heavy atom. The van der Waals surface area contributed by atoms with E-state index in [1.54, 1.807) is 42.5 Å². The van der Waals surface area contributed by atoms with E-state index in [-0.39, 0.29) is 12.2 Å². The van der Waals surface area contributed by atoms with Crippen molar-refractivity contribution in [1.29, 1.82) is 0 Å². The standard InChI is InChI=1S/C15H14INO4/c16-12-8-11(5-6-14(12)18)21-10-3-1-9(2-4-10)7-13(17)15(19)20/h1-6,8,13,18H,7,17H2,(H,19,20)/t13-/m0/s1. The summed E-state index contributed by atoms with van der Waals surface area (Å²) in [5.74, 6) is 0.436. The largest absolute Gasteiger partial charge is 0.507 e. The molecule has 0 amide bonds. The van der Waals surface area contributed by atoms with Crippen LogP contribution in [0.5, 0.6) is 17.2 Å². The summed E-state index contributed by atoms with van der Waals surface area (Å²) in [5.41, 5.74) is 6.32. The van der Waals surface area contributed by atoms with Crippen molar-refractivity contribution in [2.24, 2.45) is 5.73 Å². The zero-order valence-electron chi connectivity index (χ0n) is 11.0. The van der Waals surface area contributed by atoms with Gasteiger partial charge in [-0.05, 0) is 64.9 Å². The van der Waals surface area contributed by atoms with E-state index in [4.69, 9.17) is 15.6 Å². The van der Waals surface area contributed by atoms with E-state index in [1.807, 2.05) is 22.6 Å². The zero-order chi connectivity index (χ0) is 15.4. The Balaban J connectivity index is 2.05. The predicted octanol–water partition coefficient (Wildman–Crippen LogP) is 2.74. The molecule has 0 bridgehead atoms. The molecule has 2 aromatic carbocycles. The second-order valence-corrected chi connectivity index (χ2v) is 5.67. The molecule has 0 unspecified atom stereocenters. The van der Waals surface area contributed by atoms with Crippen molar-refractivity contribution in [1.82, 2.24) is 0 Å². The van der Waals surface area contributed by atoms with Gasteiger partial charge in [-0.2, -0.15) is 0 Å². The van der Waals surface area contributed by atoms with Crippen molar-refractivity contribution in [3.05, 3.63) is 51.6 Å². The Bertz CT molecular complexity index is 643. The van der Waals surface area contributed by atoms with E-state index in [2.05, 4.69) is 0 Å². The third-order valence-corrected chi connectivity index (χ3v) is 3.72. The molecule has 6 heteroatoms. The van der Waals surface area contributed by atoms with E-state index < -0.39 is 12.0 Å². The van der Waals surface area contributed by atoms with Crippen LogP contribution in [0.25, 0.3) is 0 Å². The van der Waals surface area contributed by atoms with Crippen molar-refractivity contribution in [2.45, 2.75) is 12.5 Å². The van der Waals surface area contributed by atoms with Crippen molar-refractivity contribution in [3.63, 3.8) is 0 Å². The second-order valence-electron chi connectivity index (χ2n) is 4.51. The average molecular weight is 399 g/mol. The van der Waals surface area contributed by atoms with Gasteiger partial charge < -0.3 is 20.7 Å². The zero-order valence-corrected chi connectivity index (χ0v) is 13.1. The Hall–Kier alpha value is -1.80. The van der Waals surface area contributed by atoms with Crippen LogP contribution in [0.1, 0.15) is 5.56 Å². The number of rotatable bonds is 5. The van der Waals surface area contributed by atoms with Gasteiger partial charge in [0.25, 0.3) is 0 Å². The summed E-state index contributed by atoms with van der Waals surface area (Å²) in [4.78, 5) is 10.7. The van der Waals surface area contributed by atoms with Gasteiger partial charge in [0.15, 0.2) is 0 Å². The Kier molecular flexibility index (Phi) is 5.03. The second kappa shape index (κ2) is 6.77. The number of phenols is 1. The highest BCUT2D eigenvalue weighted by molar-refractivity contribution is 14.1. The Morgan fingerprint density at radius 3 is 2.38 bits per heavy atom. The number of aliphatic carboxylic acids is 1. The highest BCUT2D eigenvalue weighted by atomic mass is 127. The van der Waals surface area contributed by atoms with Crippen LogP contribution in [0, 0.1) is 3.57 Å². The number of phenolic OH excluding ortho intramolecular Hbond substituents is 1. The van der Waals surface area contributed by atoms with Crippen LogP contribution < -0.4 is 10.5 Å². The third-order valence-electron chi connectivity index (χ3n) is 2.85. The summed E-state index contributed by atoms with van der Waals surface area (Å²) < 4.78 is 6.36. The molecule has 0 heterocycles. The number of carboxylic acid groups (broad SMARTS) is 1. The Labute approximate surface area is 135 Å². The van der Waals surface area contributed by atoms with E-state index in [0.717, 1.165) is 5.56 Å². The molecule has 0 spiro atoms. The molecule has 21 heavy (non-hydrogen) atoms. The highest BCUT2D eigenvalue weighted by Gasteiger charge is 2.12. The van der Waals surface area contributed by atoms with Crippen LogP contribution in [0.3, 0.4) is 0 Å². The van der Waals surface area contributed by atoms with E-state index >= 15 is 0 Å². The van der Waals surface area contributed by atoms with Crippen LogP contribution >= 0.6 is 22.6 Å². The minimum Gasteiger partial charge on any atom is -0.507 e. The van der Waals surface area contributed by atoms with Gasteiger partial charge in [-0.25, -0.2) is 0 Å². The first-order valence-electron chi connectivity index (χ1n) is 6.19. The lowest BCUT2D eigenvalue weighted by Crippen LogP contribution is -2.32. The molecule has 0 saturated heterocycles. The summed E-state index contributed by atoms with van der Waals surface area (Å²) >= 11 is 2.02. The van der Waals surface area contributed by atoms with Crippen LogP contribution in [0.4, 0.5) is 0 Å². The lowest BCUT2D eigenvalue weighted by atomic mass is 10.1. The van der Waals surface area contributed by atoms with Gasteiger partial charge in [-0.1, -0.05) is 12.1 Å². The number of benzene rings is 2. The number of nitrogens with two attached hydrogens (primary N) is 1. The van der Waals surface area contributed by atoms with Gasteiger partial charge in [-0.15, -0.1) is 0 Å². The monoisotopic (exact) mass is 399 g/mol. The van der Waals surface area contributed by atoms with Gasteiger partial charge in [0.05, 0.1) is 3.57 Å². The molecule has 0 aromatic heterocycles. The molecule has 4 N–H and O–H groups in total. The first kappa shape index (κ1) is 15.6. The van der Waals surface area contributed by atoms with Crippen LogP contribution in [-0.4, -0.2) is 22.2 Å². The van der Waals surface area contributed by atoms with Crippen molar-refractivity contribution >= 4 is 28.6 Å². The molecule has 2 rings (SSSR count). The molecule has 0 aliphatic rings. The number of halogens is 1. The van der Waals surface area contributed by atoms with Gasteiger partial charge in [0.1, 0.15) is 23.3 Å². The number of ether oxygens (including phenoxy) is 1. The molecule has 5 nitrogen and oxygen atoms in total. The van der Waals surface area contributed by atoms with Crippen molar-refractivity contribution < 1.29 is 19.7 Å². The number of hydrogen-bond donors (Lipinski definition) is 3. The predicted molar refractivity (Wildman–Crippen MR) is 86.7 cm³/mol. The SMILES string of the molecule is N[C@@H](Cc1ccc(Oc2ccc(O)c(I)c2)cc1)C(=O)O. The van der Waals surface area contributed by atoms with Crippen LogP contribution in [-0.2, 0) is 11.2 Å². The highest BCUT2D eigenvalue weighted by Crippen LogP contribution is 2.28. The molecule has 0 saturated carbocycles. The van der Waals surface area contributed by atoms with E-state index in [9.17, 15) is 9.90 Å². The van der Waals surface area contributed by atoms with E-state index in [0.29, 0.717) is 15.1 Å². The van der Waals surface area contributed by atoms with Crippen LogP contribution in [0.2, 0.25) is 0 Å². The van der Waals surface area contributed by atoms with Crippen LogP contribution in [0.15, 0.2) is 42.5 Å². The third kappa shape index (κ3) is 4.33. The lowest BCUT2D eigenvalue weighted by Gasteiger charge is -2.09. The lowest BCUT2D eigenvalue weighted by molar-refractivity contribution is -0.138. The minimum absolute atomic E-state index is 0.209. The number of carboxylic acids is 1. The molecule has 0 radical (unpaired) electrons. The molecule has 0 aliphatic carbocycles. The van der Waals surface area contributed by atoms with Crippen molar-refractivity contribution in [2.75, 3.05) is 0 Å². The first-order chi connectivity index (χ1) is 9.95. The summed E-state index contributed by atoms with van der Waals surface area (Å²) in [6.45, 7) is 0. The molecule has 0 aliphatic heterocycles. The molecule has 2 aromatic rings. The molecular weight excluding hydrogens is 385 g/mol. The van der Waals surface area contributed by atoms with E-state index in [1.165, 1.54) is 0 Å². The average Bonchev–Trinajstić information content (AvgIpc) is 2.45. The number of hydrogen-bond acceptors (Lipinski definition) is 4. The van der Waals surface area contributed by atoms with Gasteiger partial charge >= 0.3 is 5.97 Å². The maximum absolute atomic E-state index is 10.7. The molecule has 0 fully saturated rings. The minimum atomic E-state index is -1.02. The molecule has 1 atom stereocenters. The number of carbonyl (C=O) groups is 1. The van der Waals surface area contributed by atoms with Gasteiger partial charge in [0, 0.05) is 0 Å². The quantitative estimate of drug-likeness (QED) is 0.673. The molecular formula is C15H14INO4. The smallest absolute Gasteiger partial charge is 0.320 e. The fraction of sp³-hybridized carbons (Fsp3) is 0.133. The fourth-order valence-corrected chi connectivity index (χ4v) is 2.21. The first-order valence-corrected chi connectivity index (χ1v) is 7.27. The summed E-state index contributed by atoms with van der Waals surface area (Å²) in [5, 5.41) is 18.2.